The maximum absolute atomic E-state index is 6.86. The summed E-state index contributed by atoms with van der Waals surface area (Å²) >= 11 is 0. The van der Waals surface area contributed by atoms with Gasteiger partial charge in [-0.15, -0.1) is 5.54 Å². The lowest BCUT2D eigenvalue weighted by Crippen LogP contribution is -2.43. The summed E-state index contributed by atoms with van der Waals surface area (Å²) in [6.45, 7) is 28.2. The summed E-state index contributed by atoms with van der Waals surface area (Å²) in [7, 11) is -4.96. The van der Waals surface area contributed by atoms with Crippen LogP contribution in [-0.4, -0.2) is 43.5 Å². The largest absolute Gasteiger partial charge is 0.546 e. The molecule has 31 heavy (non-hydrogen) atoms. The van der Waals surface area contributed by atoms with Crippen molar-refractivity contribution in [2.24, 2.45) is 5.92 Å². The lowest BCUT2D eigenvalue weighted by Gasteiger charge is -2.39. The van der Waals surface area contributed by atoms with E-state index in [1.807, 2.05) is 0 Å². The van der Waals surface area contributed by atoms with Gasteiger partial charge in [0, 0.05) is 12.5 Å². The molecule has 3 nitrogen and oxygen atoms in total. The number of rotatable bonds is 9. The minimum atomic E-state index is -1.76. The van der Waals surface area contributed by atoms with E-state index in [-0.39, 0.29) is 23.2 Å². The fourth-order valence-corrected chi connectivity index (χ4v) is 7.74. The van der Waals surface area contributed by atoms with Crippen molar-refractivity contribution < 1.29 is 13.6 Å². The topological polar surface area (TPSA) is 27.7 Å². The molecule has 6 heteroatoms. The van der Waals surface area contributed by atoms with E-state index in [2.05, 4.69) is 98.7 Å². The molecule has 0 N–H and O–H groups in total. The molecule has 1 heterocycles. The highest BCUT2D eigenvalue weighted by atomic mass is 28.4. The van der Waals surface area contributed by atoms with Crippen LogP contribution in [0.1, 0.15) is 54.9 Å². The molecule has 0 aromatic carbocycles. The van der Waals surface area contributed by atoms with Crippen molar-refractivity contribution in [3.8, 4) is 11.5 Å². The summed E-state index contributed by atoms with van der Waals surface area (Å²) in [4.78, 5) is 0. The highest BCUT2D eigenvalue weighted by Crippen LogP contribution is 2.37. The molecule has 0 aliphatic carbocycles. The zero-order valence-electron chi connectivity index (χ0n) is 22.6. The third-order valence-corrected chi connectivity index (χ3v) is 17.1. The molecule has 0 saturated heterocycles. The van der Waals surface area contributed by atoms with Crippen LogP contribution in [-0.2, 0) is 13.6 Å². The summed E-state index contributed by atoms with van der Waals surface area (Å²) in [5, 5.41) is 0.221. The van der Waals surface area contributed by atoms with E-state index in [4.69, 9.17) is 13.6 Å². The van der Waals surface area contributed by atoms with E-state index in [1.165, 1.54) is 0 Å². The third kappa shape index (κ3) is 8.51. The van der Waals surface area contributed by atoms with E-state index >= 15 is 0 Å². The highest BCUT2D eigenvalue weighted by molar-refractivity contribution is 6.83. The van der Waals surface area contributed by atoms with Crippen molar-refractivity contribution in [2.75, 3.05) is 6.61 Å². The van der Waals surface area contributed by atoms with Gasteiger partial charge in [0.25, 0.3) is 0 Å². The van der Waals surface area contributed by atoms with Crippen LogP contribution >= 0.6 is 0 Å². The Labute approximate surface area is 197 Å². The number of hydrogen-bond acceptors (Lipinski definition) is 3. The van der Waals surface area contributed by atoms with Crippen LogP contribution in [0.5, 0.6) is 0 Å². The molecule has 0 aromatic rings. The smallest absolute Gasteiger partial charge is 0.250 e. The lowest BCUT2D eigenvalue weighted by molar-refractivity contribution is -0.0101. The first-order chi connectivity index (χ1) is 14.1. The Morgan fingerprint density at radius 3 is 2.00 bits per heavy atom. The van der Waals surface area contributed by atoms with E-state index < -0.39 is 24.7 Å². The van der Waals surface area contributed by atoms with Crippen LogP contribution < -0.4 is 0 Å². The summed E-state index contributed by atoms with van der Waals surface area (Å²) in [6.07, 6.45) is 3.02. The van der Waals surface area contributed by atoms with Crippen LogP contribution in [0, 0.1) is 17.4 Å². The zero-order valence-corrected chi connectivity index (χ0v) is 25.6. The van der Waals surface area contributed by atoms with Gasteiger partial charge in [-0.05, 0) is 48.8 Å². The van der Waals surface area contributed by atoms with Crippen LogP contribution in [0.3, 0.4) is 0 Å². The predicted molar refractivity (Wildman–Crippen MR) is 143 cm³/mol. The van der Waals surface area contributed by atoms with Gasteiger partial charge >= 0.3 is 0 Å². The second-order valence-corrected chi connectivity index (χ2v) is 26.0. The second kappa shape index (κ2) is 11.2. The molecular weight excluding hydrogens is 433 g/mol. The number of hydrogen-bond donors (Lipinski definition) is 0. The van der Waals surface area contributed by atoms with Gasteiger partial charge in [0.05, 0.1) is 11.9 Å². The summed E-state index contributed by atoms with van der Waals surface area (Å²) in [6, 6.07) is 3.44. The highest BCUT2D eigenvalue weighted by Gasteiger charge is 2.39. The van der Waals surface area contributed by atoms with Crippen LogP contribution in [0.25, 0.3) is 0 Å². The van der Waals surface area contributed by atoms with Gasteiger partial charge in [-0.2, -0.15) is 0 Å². The quantitative estimate of drug-likeness (QED) is 0.250. The Bertz CT molecular complexity index is 650. The first-order valence-electron chi connectivity index (χ1n) is 12.3. The molecule has 3 atom stereocenters. The van der Waals surface area contributed by atoms with Gasteiger partial charge in [0.2, 0.25) is 8.32 Å². The molecule has 3 unspecified atom stereocenters. The molecule has 0 radical (unpaired) electrons. The van der Waals surface area contributed by atoms with Crippen molar-refractivity contribution in [3.63, 3.8) is 0 Å². The summed E-state index contributed by atoms with van der Waals surface area (Å²) in [5.41, 5.74) is 3.54. The zero-order chi connectivity index (χ0) is 24.1. The van der Waals surface area contributed by atoms with Crippen molar-refractivity contribution in [1.29, 1.82) is 0 Å². The Hall–Kier alpha value is -0.329. The fourth-order valence-electron chi connectivity index (χ4n) is 3.42. The molecule has 1 rings (SSSR count). The predicted octanol–water partition coefficient (Wildman–Crippen LogP) is 7.59. The van der Waals surface area contributed by atoms with E-state index in [1.54, 1.807) is 0 Å². The Morgan fingerprint density at radius 2 is 1.55 bits per heavy atom. The van der Waals surface area contributed by atoms with Gasteiger partial charge in [0.15, 0.2) is 8.32 Å². The average Bonchev–Trinajstić information content (AvgIpc) is 2.65. The minimum Gasteiger partial charge on any atom is -0.546 e. The molecule has 0 bridgehead atoms. The summed E-state index contributed by atoms with van der Waals surface area (Å²) < 4.78 is 19.8. The van der Waals surface area contributed by atoms with Gasteiger partial charge in [-0.25, -0.2) is 0 Å². The molecule has 0 amide bonds. The maximum Gasteiger partial charge on any atom is 0.250 e. The molecular formula is C25H50O3Si3. The number of ether oxygens (including phenoxy) is 1. The van der Waals surface area contributed by atoms with Gasteiger partial charge in [-0.3, -0.25) is 0 Å². The van der Waals surface area contributed by atoms with Crippen LogP contribution in [0.2, 0.25) is 55.9 Å². The Kier molecular flexibility index (Phi) is 10.4. The maximum atomic E-state index is 6.86. The Balaban J connectivity index is 3.09. The lowest BCUT2D eigenvalue weighted by atomic mass is 9.97. The molecule has 1 aliphatic rings. The first-order valence-corrected chi connectivity index (χ1v) is 21.3. The van der Waals surface area contributed by atoms with Gasteiger partial charge < -0.3 is 13.6 Å². The van der Waals surface area contributed by atoms with Gasteiger partial charge in [0.1, 0.15) is 14.2 Å². The average molecular weight is 483 g/mol. The van der Waals surface area contributed by atoms with Crippen molar-refractivity contribution in [2.45, 2.75) is 123 Å². The SMILES string of the molecule is CC[Si](CC)(CC)OC1=CC(CCO[Si](C)(C)C(C)(C)C)OC(C#C[Si](C)(C)C)C1C. The Morgan fingerprint density at radius 1 is 1.00 bits per heavy atom. The molecule has 0 fully saturated rings. The molecule has 0 aromatic heterocycles. The van der Waals surface area contributed by atoms with Crippen molar-refractivity contribution >= 4 is 24.7 Å². The van der Waals surface area contributed by atoms with E-state index in [0.29, 0.717) is 0 Å². The van der Waals surface area contributed by atoms with Crippen molar-refractivity contribution in [1.82, 2.24) is 0 Å². The minimum absolute atomic E-state index is 0.00849. The van der Waals surface area contributed by atoms with Crippen LogP contribution in [0.4, 0.5) is 0 Å². The first kappa shape index (κ1) is 28.7. The third-order valence-electron chi connectivity index (χ3n) is 7.10. The normalized spacial score (nSPS) is 23.1. The van der Waals surface area contributed by atoms with Crippen molar-refractivity contribution in [3.05, 3.63) is 11.8 Å². The summed E-state index contributed by atoms with van der Waals surface area (Å²) in [5.74, 6) is 4.79. The second-order valence-electron chi connectivity index (χ2n) is 11.7. The standard InChI is InChI=1S/C25H50O3Si3/c1-13-31(14-2,15-3)28-24-20-22(16-18-26-30(11,12)25(5,6)7)27-23(21(24)4)17-19-29(8,9)10/h20-23H,13-16,18H2,1-12H3. The molecule has 1 aliphatic heterocycles. The molecule has 0 saturated carbocycles. The fraction of sp³-hybridized carbons (Fsp3) is 0.840. The van der Waals surface area contributed by atoms with E-state index in [9.17, 15) is 0 Å². The van der Waals surface area contributed by atoms with E-state index in [0.717, 1.165) is 36.9 Å². The van der Waals surface area contributed by atoms with Gasteiger partial charge in [-0.1, -0.05) is 74.0 Å². The monoisotopic (exact) mass is 482 g/mol. The van der Waals surface area contributed by atoms with Crippen LogP contribution in [0.15, 0.2) is 11.8 Å². The molecule has 0 spiro atoms. The molecule has 180 valence electrons.